The fraction of sp³-hybridized carbons (Fsp3) is 0.242. The van der Waals surface area contributed by atoms with Gasteiger partial charge in [0.25, 0.3) is 0 Å². The van der Waals surface area contributed by atoms with Gasteiger partial charge in [-0.3, -0.25) is 0 Å². The molecule has 12 aromatic rings. The number of aromatic nitrogens is 2. The summed E-state index contributed by atoms with van der Waals surface area (Å²) in [6, 6.07) is 55.2. The average molecular weight is 1170 g/mol. The topological polar surface area (TPSA) is 25.8 Å². The van der Waals surface area contributed by atoms with Crippen LogP contribution in [0.4, 0.5) is 0 Å². The van der Waals surface area contributed by atoms with Crippen molar-refractivity contribution in [2.75, 3.05) is 0 Å². The summed E-state index contributed by atoms with van der Waals surface area (Å²) >= 11 is 16.9. The van der Waals surface area contributed by atoms with Crippen molar-refractivity contribution in [2.24, 2.45) is 0 Å². The zero-order valence-electron chi connectivity index (χ0n) is 43.9. The van der Waals surface area contributed by atoms with E-state index < -0.39 is 0 Å². The fourth-order valence-corrected chi connectivity index (χ4v) is 20.4. The maximum absolute atomic E-state index is 5.05. The summed E-state index contributed by atoms with van der Waals surface area (Å²) in [7, 11) is 0. The highest BCUT2D eigenvalue weighted by molar-refractivity contribution is 7.30. The molecule has 0 atom stereocenters. The Kier molecular flexibility index (Phi) is 16.6. The Morgan fingerprint density at radius 1 is 0.286 bits per heavy atom. The third-order valence-electron chi connectivity index (χ3n) is 14.3. The Balaban J connectivity index is 0.823. The number of fused-ring (bicyclic) bond motifs is 1. The first-order valence-electron chi connectivity index (χ1n) is 27.3. The number of nitrogens with zero attached hydrogens (tertiary/aromatic N) is 2. The van der Waals surface area contributed by atoms with Gasteiger partial charge in [0.2, 0.25) is 0 Å². The summed E-state index contributed by atoms with van der Waals surface area (Å²) in [5.74, 6) is 0. The van der Waals surface area contributed by atoms with Crippen molar-refractivity contribution >= 4 is 113 Å². The molecule has 11 heteroatoms. The van der Waals surface area contributed by atoms with E-state index in [0.717, 1.165) is 36.7 Å². The van der Waals surface area contributed by atoms with Crippen LogP contribution in [0, 0.1) is 0 Å². The largest absolute Gasteiger partial charge is 0.172 e. The Hall–Kier alpha value is -4.92. The van der Waals surface area contributed by atoms with Gasteiger partial charge in [0.1, 0.15) is 11.0 Å². The second-order valence-electron chi connectivity index (χ2n) is 19.8. The molecule has 0 saturated carbocycles. The minimum atomic E-state index is 1.01. The third kappa shape index (κ3) is 11.2. The van der Waals surface area contributed by atoms with Crippen LogP contribution in [0.1, 0.15) is 101 Å². The second-order valence-corrected chi connectivity index (χ2v) is 28.9. The molecule has 0 aliphatic rings. The molecular formula is C66H60N2S9. The number of thiophene rings is 8. The first-order chi connectivity index (χ1) is 38.0. The summed E-state index contributed by atoms with van der Waals surface area (Å²) in [4.78, 5) is 21.8. The lowest BCUT2D eigenvalue weighted by molar-refractivity contribution is 0.798. The van der Waals surface area contributed by atoms with Crippen LogP contribution in [0.3, 0.4) is 0 Å². The molecule has 3 aromatic carbocycles. The van der Waals surface area contributed by atoms with E-state index >= 15 is 0 Å². The van der Waals surface area contributed by atoms with Gasteiger partial charge in [-0.05, 0) is 158 Å². The first kappa shape index (κ1) is 52.8. The van der Waals surface area contributed by atoms with E-state index in [2.05, 4.69) is 173 Å². The number of hydrogen-bond acceptors (Lipinski definition) is 11. The maximum Gasteiger partial charge on any atom is 0.114 e. The minimum Gasteiger partial charge on any atom is -0.172 e. The van der Waals surface area contributed by atoms with Gasteiger partial charge in [-0.15, -0.1) is 90.7 Å². The van der Waals surface area contributed by atoms with Crippen molar-refractivity contribution < 1.29 is 0 Å². The van der Waals surface area contributed by atoms with Crippen molar-refractivity contribution in [1.82, 2.24) is 8.75 Å². The quantitative estimate of drug-likeness (QED) is 0.0676. The van der Waals surface area contributed by atoms with Crippen LogP contribution in [-0.4, -0.2) is 8.75 Å². The number of benzene rings is 3. The summed E-state index contributed by atoms with van der Waals surface area (Å²) in [5.41, 5.74) is 12.9. The minimum absolute atomic E-state index is 1.01. The van der Waals surface area contributed by atoms with E-state index in [1.807, 2.05) is 90.7 Å². The molecule has 2 nitrogen and oxygen atoms in total. The highest BCUT2D eigenvalue weighted by Gasteiger charge is 2.24. The van der Waals surface area contributed by atoms with Crippen LogP contribution >= 0.6 is 102 Å². The predicted molar refractivity (Wildman–Crippen MR) is 349 cm³/mol. The lowest BCUT2D eigenvalue weighted by Gasteiger charge is -2.03. The van der Waals surface area contributed by atoms with Gasteiger partial charge >= 0.3 is 0 Å². The molecule has 12 rings (SSSR count). The molecule has 9 aromatic heterocycles. The molecule has 0 aliphatic heterocycles. The third-order valence-corrected chi connectivity index (χ3v) is 25.2. The van der Waals surface area contributed by atoms with Crippen molar-refractivity contribution in [2.45, 2.75) is 105 Å². The van der Waals surface area contributed by atoms with Gasteiger partial charge in [0.15, 0.2) is 0 Å². The van der Waals surface area contributed by atoms with Gasteiger partial charge in [-0.2, -0.15) is 8.75 Å². The molecule has 0 amide bonds. The standard InChI is InChI=1S/C66H60N2S9/c1-5-9-19-43-37-57(41-23-15-13-16-24-41)73-63(43)53-33-29-49(69-53)51-31-35-55(71-51)65-45(21-11-7-3)39-59(75-65)47-27-28-48(62-61(47)67-77-68-62)60-40-46(22-12-8-4)66(76-60)56-36-32-52(72-56)50-30-34-54(70-50)64-44(20-10-6-2)38-58(74-64)42-25-17-14-18-26-42/h13-18,23-40H,5-12,19-22H2,1-4H3. The van der Waals surface area contributed by atoms with Crippen molar-refractivity contribution in [3.8, 4) is 100 Å². The second kappa shape index (κ2) is 24.2. The molecule has 0 spiro atoms. The van der Waals surface area contributed by atoms with Crippen LogP contribution in [0.5, 0.6) is 0 Å². The van der Waals surface area contributed by atoms with Crippen LogP contribution in [0.15, 0.2) is 146 Å². The number of aryl methyl sites for hydroxylation is 4. The SMILES string of the molecule is CCCCc1cc(-c2ccccc2)sc1-c1ccc(-c2ccc(-c3sc(-c4ccc(-c5cc(CCCC)c(-c6ccc(-c7ccc(-c8sc(-c9ccccc9)cc8CCCC)s7)s6)s5)c5nsnc45)cc3CCCC)s2)s1. The monoisotopic (exact) mass is 1170 g/mol. The molecule has 0 saturated heterocycles. The summed E-state index contributed by atoms with van der Waals surface area (Å²) in [6.45, 7) is 9.19. The van der Waals surface area contributed by atoms with Crippen molar-refractivity contribution in [3.05, 3.63) is 168 Å². The van der Waals surface area contributed by atoms with Gasteiger partial charge < -0.3 is 0 Å². The van der Waals surface area contributed by atoms with E-state index in [1.165, 1.54) is 186 Å². The van der Waals surface area contributed by atoms with Gasteiger partial charge in [0, 0.05) is 89.2 Å². The molecular weight excluding hydrogens is 1110 g/mol. The van der Waals surface area contributed by atoms with E-state index in [1.54, 1.807) is 0 Å². The first-order valence-corrected chi connectivity index (χ1v) is 34.5. The van der Waals surface area contributed by atoms with E-state index in [4.69, 9.17) is 8.75 Å². The van der Waals surface area contributed by atoms with Gasteiger partial charge in [0.05, 0.1) is 11.7 Å². The normalized spacial score (nSPS) is 11.7. The molecule has 0 aliphatic carbocycles. The zero-order valence-corrected chi connectivity index (χ0v) is 51.3. The van der Waals surface area contributed by atoms with Crippen LogP contribution < -0.4 is 0 Å². The van der Waals surface area contributed by atoms with Crippen LogP contribution in [-0.2, 0) is 25.7 Å². The molecule has 0 radical (unpaired) electrons. The summed E-state index contributed by atoms with van der Waals surface area (Å²) < 4.78 is 10.1. The molecule has 9 heterocycles. The maximum atomic E-state index is 5.05. The highest BCUT2D eigenvalue weighted by Crippen LogP contribution is 2.51. The van der Waals surface area contributed by atoms with Crippen LogP contribution in [0.2, 0.25) is 0 Å². The van der Waals surface area contributed by atoms with E-state index in [9.17, 15) is 0 Å². The van der Waals surface area contributed by atoms with Crippen molar-refractivity contribution in [1.29, 1.82) is 0 Å². The number of hydrogen-bond donors (Lipinski definition) is 0. The highest BCUT2D eigenvalue weighted by atomic mass is 32.1. The van der Waals surface area contributed by atoms with Crippen LogP contribution in [0.25, 0.3) is 111 Å². The lowest BCUT2D eigenvalue weighted by Crippen LogP contribution is -1.84. The van der Waals surface area contributed by atoms with E-state index in [0.29, 0.717) is 0 Å². The Labute approximate surface area is 490 Å². The zero-order chi connectivity index (χ0) is 52.2. The summed E-state index contributed by atoms with van der Waals surface area (Å²) in [6.07, 6.45) is 13.9. The molecule has 0 fully saturated rings. The fourth-order valence-electron chi connectivity index (χ4n) is 10.1. The Morgan fingerprint density at radius 3 is 0.883 bits per heavy atom. The van der Waals surface area contributed by atoms with Gasteiger partial charge in [-0.1, -0.05) is 126 Å². The molecule has 77 heavy (non-hydrogen) atoms. The number of unbranched alkanes of at least 4 members (excludes halogenated alkanes) is 4. The molecule has 0 unspecified atom stereocenters. The van der Waals surface area contributed by atoms with Gasteiger partial charge in [-0.25, -0.2) is 0 Å². The van der Waals surface area contributed by atoms with E-state index in [-0.39, 0.29) is 0 Å². The molecule has 0 N–H and O–H groups in total. The number of rotatable bonds is 22. The molecule has 388 valence electrons. The Bertz CT molecular complexity index is 3640. The molecule has 0 bridgehead atoms. The lowest BCUT2D eigenvalue weighted by atomic mass is 10.0. The average Bonchev–Trinajstić information content (AvgIpc) is 4.33. The van der Waals surface area contributed by atoms with Crippen molar-refractivity contribution in [3.63, 3.8) is 0 Å². The summed E-state index contributed by atoms with van der Waals surface area (Å²) in [5, 5.41) is 0. The predicted octanol–water partition coefficient (Wildman–Crippen LogP) is 24.2. The Morgan fingerprint density at radius 2 is 0.571 bits per heavy atom. The smallest absolute Gasteiger partial charge is 0.114 e.